The van der Waals surface area contributed by atoms with Crippen LogP contribution in [0, 0.1) is 0 Å². The number of rotatable bonds is 4. The Morgan fingerprint density at radius 3 is 2.31 bits per heavy atom. The Morgan fingerprint density at radius 2 is 1.54 bits per heavy atom. The van der Waals surface area contributed by atoms with Crippen LogP contribution in [0.2, 0.25) is 0 Å². The van der Waals surface area contributed by atoms with E-state index >= 15 is 0 Å². The first kappa shape index (κ1) is 16.0. The summed E-state index contributed by atoms with van der Waals surface area (Å²) in [4.78, 5) is 13.3. The van der Waals surface area contributed by atoms with Crippen molar-refractivity contribution in [2.45, 2.75) is 0 Å². The molecule has 5 nitrogen and oxygen atoms in total. The second-order valence-electron chi connectivity index (χ2n) is 5.76. The van der Waals surface area contributed by atoms with Crippen LogP contribution in [0.25, 0.3) is 33.4 Å². The second-order valence-corrected chi connectivity index (χ2v) is 5.76. The third kappa shape index (κ3) is 2.95. The van der Waals surface area contributed by atoms with Crippen LogP contribution in [0.15, 0.2) is 67.0 Å². The van der Waals surface area contributed by atoms with Crippen molar-refractivity contribution in [3.05, 3.63) is 67.0 Å². The molecule has 128 valence electrons. The second kappa shape index (κ2) is 6.80. The van der Waals surface area contributed by atoms with Crippen molar-refractivity contribution in [3.8, 4) is 34.1 Å². The van der Waals surface area contributed by atoms with E-state index in [-0.39, 0.29) is 0 Å². The topological polar surface area (TPSA) is 57.1 Å². The molecule has 2 aromatic carbocycles. The Bertz CT molecular complexity index is 1070. The zero-order valence-electron chi connectivity index (χ0n) is 14.5. The first-order chi connectivity index (χ1) is 12.8. The third-order valence-corrected chi connectivity index (χ3v) is 4.20. The number of pyridine rings is 1. The Hall–Kier alpha value is -3.47. The fraction of sp³-hybridized carbons (Fsp3) is 0.0952. The summed E-state index contributed by atoms with van der Waals surface area (Å²) in [6.07, 6.45) is 3.45. The maximum Gasteiger partial charge on any atom is 0.224 e. The monoisotopic (exact) mass is 343 g/mol. The summed E-state index contributed by atoms with van der Waals surface area (Å²) in [7, 11) is 3.29. The number of hydrogen-bond donors (Lipinski definition) is 0. The predicted octanol–water partition coefficient (Wildman–Crippen LogP) is 4.38. The van der Waals surface area contributed by atoms with Gasteiger partial charge in [0, 0.05) is 18.0 Å². The summed E-state index contributed by atoms with van der Waals surface area (Å²) in [5.74, 6) is 1.98. The standard InChI is InChI=1S/C21H17N3O2/c1-25-17-5-3-4-15(12-17)16-6-7-19-18(13-16)21(26-2)24-20(23-19)14-8-10-22-11-9-14/h3-13H,1-2H3. The van der Waals surface area contributed by atoms with Gasteiger partial charge in [-0.05, 0) is 47.5 Å². The van der Waals surface area contributed by atoms with Crippen LogP contribution in [0.4, 0.5) is 0 Å². The summed E-state index contributed by atoms with van der Waals surface area (Å²) in [6.45, 7) is 0. The van der Waals surface area contributed by atoms with Gasteiger partial charge in [-0.1, -0.05) is 18.2 Å². The lowest BCUT2D eigenvalue weighted by atomic mass is 10.0. The van der Waals surface area contributed by atoms with Gasteiger partial charge in [0.2, 0.25) is 5.88 Å². The van der Waals surface area contributed by atoms with E-state index in [2.05, 4.69) is 15.0 Å². The van der Waals surface area contributed by atoms with E-state index in [1.807, 2.05) is 54.6 Å². The number of nitrogens with zero attached hydrogens (tertiary/aromatic N) is 3. The Balaban J connectivity index is 1.86. The minimum atomic E-state index is 0.548. The lowest BCUT2D eigenvalue weighted by Gasteiger charge is -2.10. The minimum absolute atomic E-state index is 0.548. The van der Waals surface area contributed by atoms with Crippen LogP contribution >= 0.6 is 0 Å². The minimum Gasteiger partial charge on any atom is -0.497 e. The number of benzene rings is 2. The van der Waals surface area contributed by atoms with E-state index < -0.39 is 0 Å². The van der Waals surface area contributed by atoms with E-state index in [1.165, 1.54) is 0 Å². The molecule has 0 amide bonds. The van der Waals surface area contributed by atoms with Gasteiger partial charge in [0.15, 0.2) is 5.82 Å². The molecular weight excluding hydrogens is 326 g/mol. The fourth-order valence-electron chi connectivity index (χ4n) is 2.87. The number of methoxy groups -OCH3 is 2. The van der Waals surface area contributed by atoms with Gasteiger partial charge in [-0.25, -0.2) is 4.98 Å². The highest BCUT2D eigenvalue weighted by molar-refractivity contribution is 5.89. The SMILES string of the molecule is COc1cccc(-c2ccc3nc(-c4ccncc4)nc(OC)c3c2)c1. The summed E-state index contributed by atoms with van der Waals surface area (Å²) in [5, 5.41) is 0.866. The summed E-state index contributed by atoms with van der Waals surface area (Å²) >= 11 is 0. The average molecular weight is 343 g/mol. The Labute approximate surface area is 151 Å². The van der Waals surface area contributed by atoms with Crippen molar-refractivity contribution in [1.82, 2.24) is 15.0 Å². The third-order valence-electron chi connectivity index (χ3n) is 4.20. The molecule has 0 fully saturated rings. The molecule has 0 aliphatic rings. The van der Waals surface area contributed by atoms with Crippen LogP contribution in [-0.2, 0) is 0 Å². The van der Waals surface area contributed by atoms with Crippen LogP contribution in [0.5, 0.6) is 11.6 Å². The van der Waals surface area contributed by atoms with E-state index in [1.54, 1.807) is 26.6 Å². The van der Waals surface area contributed by atoms with Gasteiger partial charge in [0.1, 0.15) is 5.75 Å². The van der Waals surface area contributed by atoms with Gasteiger partial charge in [0.05, 0.1) is 25.1 Å². The van der Waals surface area contributed by atoms with Gasteiger partial charge < -0.3 is 9.47 Å². The fourth-order valence-corrected chi connectivity index (χ4v) is 2.87. The molecule has 0 spiro atoms. The molecule has 2 aromatic heterocycles. The van der Waals surface area contributed by atoms with Gasteiger partial charge >= 0.3 is 0 Å². The van der Waals surface area contributed by atoms with E-state index in [0.717, 1.165) is 33.3 Å². The molecule has 0 bridgehead atoms. The summed E-state index contributed by atoms with van der Waals surface area (Å²) in [5.41, 5.74) is 3.84. The maximum absolute atomic E-state index is 5.53. The van der Waals surface area contributed by atoms with Crippen molar-refractivity contribution in [1.29, 1.82) is 0 Å². The molecule has 0 atom stereocenters. The maximum atomic E-state index is 5.53. The first-order valence-corrected chi connectivity index (χ1v) is 8.19. The summed E-state index contributed by atoms with van der Waals surface area (Å²) in [6, 6.07) is 17.8. The van der Waals surface area contributed by atoms with E-state index in [4.69, 9.17) is 9.47 Å². The summed E-state index contributed by atoms with van der Waals surface area (Å²) < 4.78 is 10.9. The molecule has 4 aromatic rings. The average Bonchev–Trinajstić information content (AvgIpc) is 2.73. The molecule has 2 heterocycles. The first-order valence-electron chi connectivity index (χ1n) is 8.19. The highest BCUT2D eigenvalue weighted by Crippen LogP contribution is 2.31. The van der Waals surface area contributed by atoms with Crippen molar-refractivity contribution in [3.63, 3.8) is 0 Å². The van der Waals surface area contributed by atoms with E-state index in [0.29, 0.717) is 11.7 Å². The molecule has 5 heteroatoms. The smallest absolute Gasteiger partial charge is 0.224 e. The molecule has 0 saturated heterocycles. The lowest BCUT2D eigenvalue weighted by molar-refractivity contribution is 0.403. The normalized spacial score (nSPS) is 10.7. The Morgan fingerprint density at radius 1 is 0.731 bits per heavy atom. The van der Waals surface area contributed by atoms with Gasteiger partial charge in [-0.2, -0.15) is 4.98 Å². The van der Waals surface area contributed by atoms with Crippen LogP contribution < -0.4 is 9.47 Å². The van der Waals surface area contributed by atoms with Crippen molar-refractivity contribution in [2.75, 3.05) is 14.2 Å². The van der Waals surface area contributed by atoms with Gasteiger partial charge in [-0.3, -0.25) is 4.98 Å². The number of hydrogen-bond acceptors (Lipinski definition) is 5. The largest absolute Gasteiger partial charge is 0.497 e. The molecule has 0 aliphatic carbocycles. The van der Waals surface area contributed by atoms with Crippen molar-refractivity contribution >= 4 is 10.9 Å². The molecule has 4 rings (SSSR count). The van der Waals surface area contributed by atoms with Gasteiger partial charge in [0.25, 0.3) is 0 Å². The molecule has 0 aliphatic heterocycles. The molecule has 0 radical (unpaired) electrons. The Kier molecular flexibility index (Phi) is 4.19. The molecular formula is C21H17N3O2. The highest BCUT2D eigenvalue weighted by Gasteiger charge is 2.11. The molecule has 26 heavy (non-hydrogen) atoms. The zero-order valence-corrected chi connectivity index (χ0v) is 14.5. The van der Waals surface area contributed by atoms with E-state index in [9.17, 15) is 0 Å². The molecule has 0 saturated carbocycles. The van der Waals surface area contributed by atoms with Crippen LogP contribution in [0.3, 0.4) is 0 Å². The highest BCUT2D eigenvalue weighted by atomic mass is 16.5. The number of aromatic nitrogens is 3. The predicted molar refractivity (Wildman–Crippen MR) is 101 cm³/mol. The number of fused-ring (bicyclic) bond motifs is 1. The van der Waals surface area contributed by atoms with Crippen LogP contribution in [-0.4, -0.2) is 29.2 Å². The lowest BCUT2D eigenvalue weighted by Crippen LogP contribution is -1.96. The van der Waals surface area contributed by atoms with Crippen molar-refractivity contribution in [2.24, 2.45) is 0 Å². The van der Waals surface area contributed by atoms with Crippen LogP contribution in [0.1, 0.15) is 0 Å². The zero-order chi connectivity index (χ0) is 17.9. The van der Waals surface area contributed by atoms with Gasteiger partial charge in [-0.15, -0.1) is 0 Å². The number of ether oxygens (including phenoxy) is 2. The molecule has 0 unspecified atom stereocenters. The molecule has 0 N–H and O–H groups in total. The quantitative estimate of drug-likeness (QED) is 0.550. The van der Waals surface area contributed by atoms with Crippen molar-refractivity contribution < 1.29 is 9.47 Å².